The SMILES string of the molecule is FC(F)(F)C1(Cn2cc(COc3ncccn3)nn2)CCCCC1. The van der Waals surface area contributed by atoms with Gasteiger partial charge in [-0.1, -0.05) is 24.5 Å². The maximum absolute atomic E-state index is 13.6. The molecule has 1 aliphatic carbocycles. The van der Waals surface area contributed by atoms with Crippen molar-refractivity contribution in [1.29, 1.82) is 0 Å². The van der Waals surface area contributed by atoms with Gasteiger partial charge in [0.1, 0.15) is 12.3 Å². The molecule has 0 aromatic carbocycles. The summed E-state index contributed by atoms with van der Waals surface area (Å²) in [6.45, 7) is -0.144. The average molecular weight is 341 g/mol. The maximum atomic E-state index is 13.6. The highest BCUT2D eigenvalue weighted by Crippen LogP contribution is 2.49. The molecule has 0 N–H and O–H groups in total. The molecule has 0 amide bonds. The van der Waals surface area contributed by atoms with Crippen molar-refractivity contribution in [3.05, 3.63) is 30.4 Å². The first-order valence-corrected chi connectivity index (χ1v) is 7.84. The Morgan fingerprint density at radius 3 is 2.50 bits per heavy atom. The number of hydrogen-bond donors (Lipinski definition) is 0. The van der Waals surface area contributed by atoms with Gasteiger partial charge in [-0.05, 0) is 18.9 Å². The molecule has 2 heterocycles. The quantitative estimate of drug-likeness (QED) is 0.836. The van der Waals surface area contributed by atoms with E-state index < -0.39 is 11.6 Å². The molecule has 3 rings (SSSR count). The molecule has 1 fully saturated rings. The number of nitrogens with zero attached hydrogens (tertiary/aromatic N) is 5. The second-order valence-corrected chi connectivity index (χ2v) is 6.07. The lowest BCUT2D eigenvalue weighted by molar-refractivity contribution is -0.240. The number of alkyl halides is 3. The van der Waals surface area contributed by atoms with E-state index in [1.807, 2.05) is 0 Å². The first-order chi connectivity index (χ1) is 11.5. The van der Waals surface area contributed by atoms with Crippen LogP contribution >= 0.6 is 0 Å². The Kier molecular flexibility index (Phi) is 4.68. The van der Waals surface area contributed by atoms with E-state index in [0.717, 1.165) is 6.42 Å². The molecule has 0 saturated heterocycles. The van der Waals surface area contributed by atoms with E-state index in [0.29, 0.717) is 18.5 Å². The molecule has 9 heteroatoms. The van der Waals surface area contributed by atoms with Crippen LogP contribution in [0.25, 0.3) is 0 Å². The Morgan fingerprint density at radius 2 is 1.83 bits per heavy atom. The topological polar surface area (TPSA) is 65.7 Å². The van der Waals surface area contributed by atoms with Crippen LogP contribution in [0.1, 0.15) is 37.8 Å². The fourth-order valence-corrected chi connectivity index (χ4v) is 3.05. The van der Waals surface area contributed by atoms with E-state index in [4.69, 9.17) is 4.74 Å². The van der Waals surface area contributed by atoms with E-state index in [9.17, 15) is 13.2 Å². The van der Waals surface area contributed by atoms with Gasteiger partial charge < -0.3 is 4.74 Å². The van der Waals surface area contributed by atoms with Crippen LogP contribution in [0, 0.1) is 5.41 Å². The molecule has 130 valence electrons. The third-order valence-electron chi connectivity index (χ3n) is 4.35. The van der Waals surface area contributed by atoms with Gasteiger partial charge in [-0.3, -0.25) is 4.68 Å². The van der Waals surface area contributed by atoms with E-state index >= 15 is 0 Å². The van der Waals surface area contributed by atoms with Crippen molar-refractivity contribution in [2.75, 3.05) is 0 Å². The van der Waals surface area contributed by atoms with Crippen molar-refractivity contribution >= 4 is 0 Å². The van der Waals surface area contributed by atoms with Gasteiger partial charge in [0.25, 0.3) is 0 Å². The number of hydrogen-bond acceptors (Lipinski definition) is 5. The Morgan fingerprint density at radius 1 is 1.12 bits per heavy atom. The van der Waals surface area contributed by atoms with Crippen molar-refractivity contribution in [3.63, 3.8) is 0 Å². The summed E-state index contributed by atoms with van der Waals surface area (Å²) in [7, 11) is 0. The smallest absolute Gasteiger partial charge is 0.396 e. The second kappa shape index (κ2) is 6.74. The predicted octanol–water partition coefficient (Wildman–Crippen LogP) is 3.16. The third-order valence-corrected chi connectivity index (χ3v) is 4.35. The van der Waals surface area contributed by atoms with E-state index in [2.05, 4.69) is 20.3 Å². The van der Waals surface area contributed by atoms with Crippen LogP contribution in [0.3, 0.4) is 0 Å². The molecule has 2 aromatic heterocycles. The van der Waals surface area contributed by atoms with E-state index in [-0.39, 0.29) is 32.0 Å². The van der Waals surface area contributed by atoms with Gasteiger partial charge in [-0.15, -0.1) is 5.10 Å². The summed E-state index contributed by atoms with van der Waals surface area (Å²) in [5, 5.41) is 7.70. The summed E-state index contributed by atoms with van der Waals surface area (Å²) in [6, 6.07) is 1.84. The molecule has 24 heavy (non-hydrogen) atoms. The van der Waals surface area contributed by atoms with Crippen molar-refractivity contribution in [2.24, 2.45) is 5.41 Å². The molecule has 6 nitrogen and oxygen atoms in total. The zero-order valence-corrected chi connectivity index (χ0v) is 13.0. The summed E-state index contributed by atoms with van der Waals surface area (Å²) in [5.41, 5.74) is -1.27. The van der Waals surface area contributed by atoms with Crippen LogP contribution < -0.4 is 4.74 Å². The summed E-state index contributed by atoms with van der Waals surface area (Å²) >= 11 is 0. The van der Waals surface area contributed by atoms with E-state index in [1.54, 1.807) is 6.07 Å². The Hall–Kier alpha value is -2.19. The lowest BCUT2D eigenvalue weighted by Crippen LogP contribution is -2.43. The van der Waals surface area contributed by atoms with Crippen molar-refractivity contribution < 1.29 is 17.9 Å². The maximum Gasteiger partial charge on any atom is 0.396 e. The van der Waals surface area contributed by atoms with Gasteiger partial charge in [0.15, 0.2) is 0 Å². The minimum atomic E-state index is -4.24. The third kappa shape index (κ3) is 3.65. The second-order valence-electron chi connectivity index (χ2n) is 6.07. The van der Waals surface area contributed by atoms with Gasteiger partial charge in [0, 0.05) is 12.4 Å². The predicted molar refractivity (Wildman–Crippen MR) is 78.0 cm³/mol. The summed E-state index contributed by atoms with van der Waals surface area (Å²) in [4.78, 5) is 7.80. The van der Waals surface area contributed by atoms with Gasteiger partial charge in [0.2, 0.25) is 0 Å². The monoisotopic (exact) mass is 341 g/mol. The van der Waals surface area contributed by atoms with Crippen LogP contribution in [0.2, 0.25) is 0 Å². The number of halogens is 3. The van der Waals surface area contributed by atoms with Crippen molar-refractivity contribution in [1.82, 2.24) is 25.0 Å². The summed E-state index contributed by atoms with van der Waals surface area (Å²) in [5.74, 6) is 0. The number of rotatable bonds is 5. The Labute approximate surface area is 137 Å². The lowest BCUT2D eigenvalue weighted by atomic mass is 9.73. The largest absolute Gasteiger partial charge is 0.457 e. The molecular weight excluding hydrogens is 323 g/mol. The number of ether oxygens (including phenoxy) is 1. The van der Waals surface area contributed by atoms with Crippen molar-refractivity contribution in [2.45, 2.75) is 51.4 Å². The van der Waals surface area contributed by atoms with Gasteiger partial charge in [-0.2, -0.15) is 13.2 Å². The minimum absolute atomic E-state index is 0.0586. The van der Waals surface area contributed by atoms with E-state index in [1.165, 1.54) is 23.3 Å². The summed E-state index contributed by atoms with van der Waals surface area (Å²) in [6.07, 6.45) is 2.64. The molecule has 1 aliphatic rings. The fraction of sp³-hybridized carbons (Fsp3) is 0.600. The molecule has 0 radical (unpaired) electrons. The van der Waals surface area contributed by atoms with Gasteiger partial charge >= 0.3 is 12.2 Å². The van der Waals surface area contributed by atoms with Crippen molar-refractivity contribution in [3.8, 4) is 6.01 Å². The normalized spacial score (nSPS) is 17.6. The molecule has 0 atom stereocenters. The molecule has 1 saturated carbocycles. The standard InChI is InChI=1S/C15H18F3N5O/c16-15(17,18)14(5-2-1-3-6-14)11-23-9-12(21-22-23)10-24-13-19-7-4-8-20-13/h4,7-9H,1-3,5-6,10-11H2. The first-order valence-electron chi connectivity index (χ1n) is 7.84. The molecular formula is C15H18F3N5O. The molecule has 0 spiro atoms. The minimum Gasteiger partial charge on any atom is -0.457 e. The number of aromatic nitrogens is 5. The highest BCUT2D eigenvalue weighted by atomic mass is 19.4. The highest BCUT2D eigenvalue weighted by molar-refractivity contribution is 4.98. The van der Waals surface area contributed by atoms with Crippen LogP contribution in [0.15, 0.2) is 24.7 Å². The zero-order valence-electron chi connectivity index (χ0n) is 13.0. The van der Waals surface area contributed by atoms with Gasteiger partial charge in [-0.25, -0.2) is 9.97 Å². The average Bonchev–Trinajstić information content (AvgIpc) is 3.01. The van der Waals surface area contributed by atoms with Gasteiger partial charge in [0.05, 0.1) is 18.2 Å². The highest BCUT2D eigenvalue weighted by Gasteiger charge is 2.54. The Balaban J connectivity index is 1.66. The molecule has 2 aromatic rings. The zero-order chi connectivity index (χ0) is 17.0. The molecule has 0 aliphatic heterocycles. The molecule has 0 unspecified atom stereocenters. The van der Waals surface area contributed by atoms with Crippen LogP contribution in [-0.2, 0) is 13.2 Å². The fourth-order valence-electron chi connectivity index (χ4n) is 3.05. The summed E-state index contributed by atoms with van der Waals surface area (Å²) < 4.78 is 47.3. The van der Waals surface area contributed by atoms with Crippen LogP contribution in [-0.4, -0.2) is 31.1 Å². The van der Waals surface area contributed by atoms with Crippen LogP contribution in [0.5, 0.6) is 6.01 Å². The molecule has 0 bridgehead atoms. The van der Waals surface area contributed by atoms with Crippen LogP contribution in [0.4, 0.5) is 13.2 Å². The lowest BCUT2D eigenvalue weighted by Gasteiger charge is -2.38. The first kappa shape index (κ1) is 16.7. The Bertz CT molecular complexity index is 653.